The Bertz CT molecular complexity index is 799. The summed E-state index contributed by atoms with van der Waals surface area (Å²) < 4.78 is 42.6. The zero-order valence-electron chi connectivity index (χ0n) is 13.9. The molecule has 0 spiro atoms. The van der Waals surface area contributed by atoms with Crippen LogP contribution in [0.25, 0.3) is 11.1 Å². The van der Waals surface area contributed by atoms with E-state index in [9.17, 15) is 13.6 Å². The van der Waals surface area contributed by atoms with Crippen LogP contribution in [0.3, 0.4) is 0 Å². The average Bonchev–Trinajstić information content (AvgIpc) is 2.89. The van der Waals surface area contributed by atoms with Gasteiger partial charge in [0.05, 0.1) is 6.33 Å². The highest BCUT2D eigenvalue weighted by atomic mass is 79.9. The highest BCUT2D eigenvalue weighted by Crippen LogP contribution is 2.28. The van der Waals surface area contributed by atoms with E-state index in [0.717, 1.165) is 0 Å². The first kappa shape index (κ1) is 19.2. The molecule has 1 aromatic heterocycles. The van der Waals surface area contributed by atoms with E-state index in [1.807, 2.05) is 0 Å². The van der Waals surface area contributed by atoms with Crippen LogP contribution in [0, 0.1) is 5.82 Å². The summed E-state index contributed by atoms with van der Waals surface area (Å²) in [6, 6.07) is 2.88. The number of oxazole rings is 1. The van der Waals surface area contributed by atoms with E-state index in [1.54, 1.807) is 20.8 Å². The second-order valence-electron chi connectivity index (χ2n) is 6.10. The van der Waals surface area contributed by atoms with Crippen LogP contribution in [-0.4, -0.2) is 29.8 Å². The summed E-state index contributed by atoms with van der Waals surface area (Å²) in [7, 11) is 0. The van der Waals surface area contributed by atoms with E-state index in [-0.39, 0.29) is 34.9 Å². The number of nitrogens with zero attached hydrogens (tertiary/aromatic N) is 1. The number of hydrogen-bond donors (Lipinski definition) is 1. The summed E-state index contributed by atoms with van der Waals surface area (Å²) in [6.45, 7) is 4.74. The summed E-state index contributed by atoms with van der Waals surface area (Å²) in [4.78, 5) is 15.6. The van der Waals surface area contributed by atoms with Crippen molar-refractivity contribution >= 4 is 33.1 Å². The minimum Gasteiger partial charge on any atom is -0.486 e. The van der Waals surface area contributed by atoms with Crippen LogP contribution in [0.2, 0.25) is 0 Å². The van der Waals surface area contributed by atoms with Gasteiger partial charge < -0.3 is 19.2 Å². The van der Waals surface area contributed by atoms with E-state index >= 15 is 0 Å². The molecule has 25 heavy (non-hydrogen) atoms. The van der Waals surface area contributed by atoms with Crippen LogP contribution >= 0.6 is 15.9 Å². The van der Waals surface area contributed by atoms with Crippen molar-refractivity contribution in [1.29, 1.82) is 0 Å². The maximum Gasteiger partial charge on any atom is 0.407 e. The molecular formula is C16H17BrF2N2O4. The molecule has 9 heteroatoms. The van der Waals surface area contributed by atoms with Gasteiger partial charge in [0.15, 0.2) is 11.3 Å². The SMILES string of the molecule is CC(C)(C)OC(=O)NC/C(=C\F)COc1ccc2nc(Br)oc2c1F. The second-order valence-corrected chi connectivity index (χ2v) is 6.78. The Hall–Kier alpha value is -2.16. The topological polar surface area (TPSA) is 73.6 Å². The Morgan fingerprint density at radius 2 is 2.16 bits per heavy atom. The van der Waals surface area contributed by atoms with Crippen LogP contribution in [-0.2, 0) is 4.74 Å². The molecule has 2 rings (SSSR count). The van der Waals surface area contributed by atoms with Crippen LogP contribution in [0.15, 0.2) is 33.3 Å². The van der Waals surface area contributed by atoms with Gasteiger partial charge in [0.2, 0.25) is 5.82 Å². The number of carbonyl (C=O) groups excluding carboxylic acids is 1. The first-order chi connectivity index (χ1) is 11.7. The molecule has 0 aliphatic heterocycles. The summed E-state index contributed by atoms with van der Waals surface area (Å²) in [5.74, 6) is -0.859. The molecule has 1 aromatic carbocycles. The number of aromatic nitrogens is 1. The third-order valence-electron chi connectivity index (χ3n) is 2.86. The van der Waals surface area contributed by atoms with Crippen LogP contribution in [0.5, 0.6) is 5.75 Å². The Balaban J connectivity index is 1.95. The lowest BCUT2D eigenvalue weighted by molar-refractivity contribution is 0.0531. The van der Waals surface area contributed by atoms with Crippen molar-refractivity contribution in [2.75, 3.05) is 13.2 Å². The summed E-state index contributed by atoms with van der Waals surface area (Å²) >= 11 is 3.02. The van der Waals surface area contributed by atoms with Gasteiger partial charge in [0, 0.05) is 28.0 Å². The fraction of sp³-hybridized carbons (Fsp3) is 0.375. The number of carbonyl (C=O) groups is 1. The van der Waals surface area contributed by atoms with Gasteiger partial charge in [-0.05, 0) is 32.9 Å². The smallest absolute Gasteiger partial charge is 0.407 e. The van der Waals surface area contributed by atoms with Crippen molar-refractivity contribution in [2.45, 2.75) is 26.4 Å². The molecule has 0 unspecified atom stereocenters. The average molecular weight is 419 g/mol. The van der Waals surface area contributed by atoms with Crippen molar-refractivity contribution in [3.63, 3.8) is 0 Å². The Morgan fingerprint density at radius 1 is 1.44 bits per heavy atom. The lowest BCUT2D eigenvalue weighted by Gasteiger charge is -2.20. The van der Waals surface area contributed by atoms with E-state index in [1.165, 1.54) is 12.1 Å². The highest BCUT2D eigenvalue weighted by molar-refractivity contribution is 9.10. The molecule has 2 aromatic rings. The number of ether oxygens (including phenoxy) is 2. The number of hydrogen-bond acceptors (Lipinski definition) is 5. The molecule has 1 heterocycles. The van der Waals surface area contributed by atoms with Gasteiger partial charge in [-0.15, -0.1) is 0 Å². The first-order valence-electron chi connectivity index (χ1n) is 7.32. The van der Waals surface area contributed by atoms with Crippen molar-refractivity contribution in [1.82, 2.24) is 10.3 Å². The van der Waals surface area contributed by atoms with Gasteiger partial charge in [0.25, 0.3) is 4.80 Å². The zero-order chi connectivity index (χ0) is 18.6. The molecule has 0 saturated carbocycles. The number of benzene rings is 1. The number of amides is 1. The van der Waals surface area contributed by atoms with Crippen LogP contribution in [0.1, 0.15) is 20.8 Å². The molecule has 1 N–H and O–H groups in total. The molecule has 0 bridgehead atoms. The van der Waals surface area contributed by atoms with Crippen LogP contribution in [0.4, 0.5) is 13.6 Å². The van der Waals surface area contributed by atoms with Crippen LogP contribution < -0.4 is 10.1 Å². The van der Waals surface area contributed by atoms with Gasteiger partial charge in [-0.25, -0.2) is 14.2 Å². The monoisotopic (exact) mass is 418 g/mol. The molecule has 0 atom stereocenters. The maximum atomic E-state index is 14.3. The van der Waals surface area contributed by atoms with E-state index in [0.29, 0.717) is 11.8 Å². The predicted molar refractivity (Wildman–Crippen MR) is 90.6 cm³/mol. The molecule has 0 saturated heterocycles. The van der Waals surface area contributed by atoms with E-state index in [4.69, 9.17) is 13.9 Å². The Labute approximate surface area is 151 Å². The maximum absolute atomic E-state index is 14.3. The van der Waals surface area contributed by atoms with Crippen molar-refractivity contribution in [2.24, 2.45) is 0 Å². The second kappa shape index (κ2) is 7.81. The minimum absolute atomic E-state index is 0.0676. The molecule has 0 aliphatic rings. The van der Waals surface area contributed by atoms with Crippen molar-refractivity contribution in [3.8, 4) is 5.75 Å². The highest BCUT2D eigenvalue weighted by Gasteiger charge is 2.17. The van der Waals surface area contributed by atoms with Gasteiger partial charge in [0.1, 0.15) is 17.7 Å². The van der Waals surface area contributed by atoms with Gasteiger partial charge >= 0.3 is 6.09 Å². The number of alkyl carbamates (subject to hydrolysis) is 1. The van der Waals surface area contributed by atoms with Crippen molar-refractivity contribution < 1.29 is 27.5 Å². The largest absolute Gasteiger partial charge is 0.486 e. The molecular weight excluding hydrogens is 402 g/mol. The zero-order valence-corrected chi connectivity index (χ0v) is 15.4. The molecule has 136 valence electrons. The Kier molecular flexibility index (Phi) is 5.99. The third kappa shape index (κ3) is 5.42. The number of halogens is 3. The lowest BCUT2D eigenvalue weighted by atomic mass is 10.2. The lowest BCUT2D eigenvalue weighted by Crippen LogP contribution is -2.34. The third-order valence-corrected chi connectivity index (χ3v) is 3.20. The predicted octanol–water partition coefficient (Wildman–Crippen LogP) is 4.49. The minimum atomic E-state index is -0.742. The van der Waals surface area contributed by atoms with E-state index in [2.05, 4.69) is 26.2 Å². The molecule has 0 aliphatic carbocycles. The molecule has 6 nitrogen and oxygen atoms in total. The molecule has 1 amide bonds. The summed E-state index contributed by atoms with van der Waals surface area (Å²) in [5, 5.41) is 2.40. The van der Waals surface area contributed by atoms with E-state index < -0.39 is 17.5 Å². The Morgan fingerprint density at radius 3 is 2.80 bits per heavy atom. The van der Waals surface area contributed by atoms with Crippen molar-refractivity contribution in [3.05, 3.63) is 34.7 Å². The normalized spacial score (nSPS) is 12.3. The number of rotatable bonds is 5. The fourth-order valence-corrected chi connectivity index (χ4v) is 2.17. The summed E-state index contributed by atoms with van der Waals surface area (Å²) in [5.41, 5.74) is -0.305. The molecule has 0 fully saturated rings. The molecule has 0 radical (unpaired) electrons. The van der Waals surface area contributed by atoms with Gasteiger partial charge in [-0.2, -0.15) is 4.39 Å². The number of fused-ring (bicyclic) bond motifs is 1. The van der Waals surface area contributed by atoms with Gasteiger partial charge in [-0.1, -0.05) is 0 Å². The van der Waals surface area contributed by atoms with Gasteiger partial charge in [-0.3, -0.25) is 0 Å². The number of nitrogens with one attached hydrogen (secondary N) is 1. The quantitative estimate of drug-likeness (QED) is 0.774. The standard InChI is InChI=1S/C16H17BrF2N2O4/c1-16(2,3)25-15(22)20-7-9(6-18)8-23-11-5-4-10-13(12(11)19)24-14(17)21-10/h4-6H,7-8H2,1-3H3,(H,20,22)/b9-6+. The first-order valence-corrected chi connectivity index (χ1v) is 8.11. The summed E-state index contributed by atoms with van der Waals surface area (Å²) in [6.07, 6.45) is -0.398. The fourth-order valence-electron chi connectivity index (χ4n) is 1.82.